The summed E-state index contributed by atoms with van der Waals surface area (Å²) in [4.78, 5) is 15.7. The largest absolute Gasteiger partial charge is 0.289 e. The molecule has 88 valence electrons. The van der Waals surface area contributed by atoms with Gasteiger partial charge in [-0.15, -0.1) is 5.10 Å². The first-order valence-corrected chi connectivity index (χ1v) is 5.03. The summed E-state index contributed by atoms with van der Waals surface area (Å²) in [7, 11) is 0. The first-order valence-electron chi connectivity index (χ1n) is 5.03. The number of H-pyrrole nitrogens is 1. The van der Waals surface area contributed by atoms with Gasteiger partial charge < -0.3 is 0 Å². The van der Waals surface area contributed by atoms with Crippen molar-refractivity contribution >= 4 is 11.9 Å². The van der Waals surface area contributed by atoms with Gasteiger partial charge in [0.2, 0.25) is 5.95 Å². The number of aromatic nitrogens is 3. The number of aryl methyl sites for hydroxylation is 2. The fourth-order valence-electron chi connectivity index (χ4n) is 1.36. The molecule has 0 radical (unpaired) electrons. The zero-order chi connectivity index (χ0) is 12.4. The van der Waals surface area contributed by atoms with Crippen molar-refractivity contribution in [2.24, 2.45) is 0 Å². The topological polar surface area (TPSA) is 70.7 Å². The van der Waals surface area contributed by atoms with Gasteiger partial charge in [-0.25, -0.2) is 4.39 Å². The number of halogens is 1. The van der Waals surface area contributed by atoms with E-state index in [1.165, 1.54) is 18.2 Å². The number of carbonyl (C=O) groups excluding carboxylic acids is 1. The molecule has 1 aromatic heterocycles. The Kier molecular flexibility index (Phi) is 2.86. The number of nitrogens with zero attached hydrogens (tertiary/aromatic N) is 2. The molecule has 0 saturated heterocycles. The van der Waals surface area contributed by atoms with Crippen LogP contribution in [0.15, 0.2) is 18.2 Å². The fourth-order valence-corrected chi connectivity index (χ4v) is 1.36. The number of hydrogen-bond donors (Lipinski definition) is 2. The van der Waals surface area contributed by atoms with E-state index in [4.69, 9.17) is 0 Å². The van der Waals surface area contributed by atoms with Gasteiger partial charge in [-0.3, -0.25) is 15.2 Å². The van der Waals surface area contributed by atoms with Crippen LogP contribution in [0.3, 0.4) is 0 Å². The van der Waals surface area contributed by atoms with E-state index >= 15 is 0 Å². The Morgan fingerprint density at radius 2 is 2.18 bits per heavy atom. The van der Waals surface area contributed by atoms with E-state index in [0.717, 1.165) is 0 Å². The lowest BCUT2D eigenvalue weighted by molar-refractivity contribution is 0.102. The number of rotatable bonds is 2. The average Bonchev–Trinajstić information content (AvgIpc) is 2.68. The predicted octanol–water partition coefficient (Wildman–Crippen LogP) is 1.81. The van der Waals surface area contributed by atoms with E-state index < -0.39 is 0 Å². The first-order chi connectivity index (χ1) is 8.06. The zero-order valence-corrected chi connectivity index (χ0v) is 9.41. The summed E-state index contributed by atoms with van der Waals surface area (Å²) in [6.45, 7) is 3.33. The first kappa shape index (κ1) is 11.3. The normalized spacial score (nSPS) is 10.3. The molecule has 5 nitrogen and oxygen atoms in total. The van der Waals surface area contributed by atoms with Crippen LogP contribution in [-0.2, 0) is 0 Å². The highest BCUT2D eigenvalue weighted by atomic mass is 19.1. The number of hydrogen-bond acceptors (Lipinski definition) is 3. The molecule has 0 unspecified atom stereocenters. The lowest BCUT2D eigenvalue weighted by Gasteiger charge is -2.02. The second-order valence-electron chi connectivity index (χ2n) is 3.66. The third-order valence-corrected chi connectivity index (χ3v) is 2.24. The van der Waals surface area contributed by atoms with E-state index in [-0.39, 0.29) is 17.7 Å². The van der Waals surface area contributed by atoms with E-state index in [9.17, 15) is 9.18 Å². The summed E-state index contributed by atoms with van der Waals surface area (Å²) in [6.07, 6.45) is 0. The van der Waals surface area contributed by atoms with Crippen molar-refractivity contribution < 1.29 is 9.18 Å². The summed E-state index contributed by atoms with van der Waals surface area (Å²) in [6, 6.07) is 4.15. The van der Waals surface area contributed by atoms with Crippen LogP contribution in [0.1, 0.15) is 21.7 Å². The maximum atomic E-state index is 13.0. The van der Waals surface area contributed by atoms with E-state index in [1.54, 1.807) is 13.8 Å². The van der Waals surface area contributed by atoms with Crippen LogP contribution >= 0.6 is 0 Å². The summed E-state index contributed by atoms with van der Waals surface area (Å²) >= 11 is 0. The molecule has 0 aliphatic heterocycles. The van der Waals surface area contributed by atoms with Crippen LogP contribution in [0.4, 0.5) is 10.3 Å². The number of anilines is 1. The molecule has 2 aromatic rings. The van der Waals surface area contributed by atoms with E-state index in [0.29, 0.717) is 17.0 Å². The van der Waals surface area contributed by atoms with Gasteiger partial charge in [0.1, 0.15) is 11.6 Å². The van der Waals surface area contributed by atoms with Crippen LogP contribution in [0.25, 0.3) is 0 Å². The molecule has 0 spiro atoms. The van der Waals surface area contributed by atoms with Crippen LogP contribution in [0, 0.1) is 19.7 Å². The molecular weight excluding hydrogens is 223 g/mol. The highest BCUT2D eigenvalue weighted by molar-refractivity contribution is 6.03. The minimum atomic E-state index is -0.368. The minimum Gasteiger partial charge on any atom is -0.289 e. The summed E-state index contributed by atoms with van der Waals surface area (Å²) in [5.41, 5.74) is 0.787. The lowest BCUT2D eigenvalue weighted by atomic mass is 10.1. The molecule has 2 rings (SSSR count). The van der Waals surface area contributed by atoms with Crippen LogP contribution in [0.2, 0.25) is 0 Å². The Labute approximate surface area is 97.1 Å². The molecule has 17 heavy (non-hydrogen) atoms. The van der Waals surface area contributed by atoms with Gasteiger partial charge in [0.25, 0.3) is 5.91 Å². The van der Waals surface area contributed by atoms with E-state index in [1.807, 2.05) is 0 Å². The zero-order valence-electron chi connectivity index (χ0n) is 9.41. The number of amides is 1. The van der Waals surface area contributed by atoms with Crippen LogP contribution in [0.5, 0.6) is 0 Å². The van der Waals surface area contributed by atoms with Crippen LogP contribution in [-0.4, -0.2) is 21.1 Å². The van der Waals surface area contributed by atoms with Gasteiger partial charge in [0, 0.05) is 5.56 Å². The van der Waals surface area contributed by atoms with Crippen molar-refractivity contribution in [1.82, 2.24) is 15.2 Å². The fraction of sp³-hybridized carbons (Fsp3) is 0.182. The second-order valence-corrected chi connectivity index (χ2v) is 3.66. The Bertz CT molecular complexity index is 564. The van der Waals surface area contributed by atoms with Crippen molar-refractivity contribution in [3.05, 3.63) is 41.0 Å². The highest BCUT2D eigenvalue weighted by Crippen LogP contribution is 2.10. The van der Waals surface area contributed by atoms with Crippen molar-refractivity contribution in [3.8, 4) is 0 Å². The Morgan fingerprint density at radius 3 is 2.76 bits per heavy atom. The van der Waals surface area contributed by atoms with E-state index in [2.05, 4.69) is 20.5 Å². The standard InChI is InChI=1S/C11H11FN4O/c1-6-5-8(3-4-9(6)12)10(17)14-11-13-7(2)15-16-11/h3-5H,1-2H3,(H2,13,14,15,16,17). The van der Waals surface area contributed by atoms with Gasteiger partial charge in [-0.05, 0) is 37.6 Å². The molecule has 2 N–H and O–H groups in total. The molecule has 0 bridgehead atoms. The smallest absolute Gasteiger partial charge is 0.258 e. The van der Waals surface area contributed by atoms with Gasteiger partial charge in [-0.1, -0.05) is 0 Å². The Balaban J connectivity index is 2.17. The van der Waals surface area contributed by atoms with Gasteiger partial charge in [0.15, 0.2) is 0 Å². The maximum absolute atomic E-state index is 13.0. The Morgan fingerprint density at radius 1 is 1.41 bits per heavy atom. The van der Waals surface area contributed by atoms with Gasteiger partial charge in [0.05, 0.1) is 0 Å². The van der Waals surface area contributed by atoms with Crippen molar-refractivity contribution in [2.75, 3.05) is 5.32 Å². The van der Waals surface area contributed by atoms with Gasteiger partial charge >= 0.3 is 0 Å². The highest BCUT2D eigenvalue weighted by Gasteiger charge is 2.10. The van der Waals surface area contributed by atoms with Gasteiger partial charge in [-0.2, -0.15) is 4.98 Å². The number of benzene rings is 1. The molecule has 0 aliphatic carbocycles. The predicted molar refractivity (Wildman–Crippen MR) is 60.2 cm³/mol. The molecular formula is C11H11FN4O. The monoisotopic (exact) mass is 234 g/mol. The van der Waals surface area contributed by atoms with Crippen LogP contribution < -0.4 is 5.32 Å². The Hall–Kier alpha value is -2.24. The molecule has 0 atom stereocenters. The van der Waals surface area contributed by atoms with Crippen molar-refractivity contribution in [1.29, 1.82) is 0 Å². The third kappa shape index (κ3) is 2.47. The maximum Gasteiger partial charge on any atom is 0.258 e. The van der Waals surface area contributed by atoms with Crippen molar-refractivity contribution in [3.63, 3.8) is 0 Å². The molecule has 6 heteroatoms. The summed E-state index contributed by atoms with van der Waals surface area (Å²) in [5.74, 6) is 0.104. The lowest BCUT2D eigenvalue weighted by Crippen LogP contribution is -2.13. The summed E-state index contributed by atoms with van der Waals surface area (Å²) < 4.78 is 13.0. The SMILES string of the molecule is Cc1nc(NC(=O)c2ccc(F)c(C)c2)n[nH]1. The molecule has 1 aromatic carbocycles. The average molecular weight is 234 g/mol. The molecule has 1 heterocycles. The third-order valence-electron chi connectivity index (χ3n) is 2.24. The number of aromatic amines is 1. The minimum absolute atomic E-state index is 0.203. The number of carbonyl (C=O) groups is 1. The number of nitrogens with one attached hydrogen (secondary N) is 2. The molecule has 0 aliphatic rings. The quantitative estimate of drug-likeness (QED) is 0.832. The van der Waals surface area contributed by atoms with Crippen molar-refractivity contribution in [2.45, 2.75) is 13.8 Å². The molecule has 1 amide bonds. The summed E-state index contributed by atoms with van der Waals surface area (Å²) in [5, 5.41) is 8.90. The molecule has 0 saturated carbocycles. The second kappa shape index (κ2) is 4.32. The molecule has 0 fully saturated rings.